The van der Waals surface area contributed by atoms with Crippen LogP contribution in [0.3, 0.4) is 0 Å². The molecule has 0 radical (unpaired) electrons. The standard InChI is InChI=1S/C17H21BrN2/c1-10-6-11(2)14(5)16(13(10)4)9-20-17-12(3)7-15(18)8-19-17/h6-8H,9H2,1-5H3,(H,19,20). The number of anilines is 1. The molecule has 0 amide bonds. The van der Waals surface area contributed by atoms with Crippen LogP contribution < -0.4 is 5.32 Å². The molecule has 3 heteroatoms. The quantitative estimate of drug-likeness (QED) is 0.855. The number of hydrogen-bond acceptors (Lipinski definition) is 2. The van der Waals surface area contributed by atoms with E-state index in [2.05, 4.69) is 73.0 Å². The summed E-state index contributed by atoms with van der Waals surface area (Å²) in [4.78, 5) is 4.44. The lowest BCUT2D eigenvalue weighted by Crippen LogP contribution is -2.08. The largest absolute Gasteiger partial charge is 0.366 e. The van der Waals surface area contributed by atoms with E-state index >= 15 is 0 Å². The Morgan fingerprint density at radius 3 is 2.10 bits per heavy atom. The number of nitrogens with one attached hydrogen (secondary N) is 1. The first-order valence-electron chi connectivity index (χ1n) is 6.82. The molecule has 2 rings (SSSR count). The van der Waals surface area contributed by atoms with Gasteiger partial charge < -0.3 is 5.32 Å². The fraction of sp³-hybridized carbons (Fsp3) is 0.353. The van der Waals surface area contributed by atoms with Crippen LogP contribution in [0.2, 0.25) is 0 Å². The average molecular weight is 333 g/mol. The van der Waals surface area contributed by atoms with E-state index in [4.69, 9.17) is 0 Å². The number of aryl methyl sites for hydroxylation is 3. The van der Waals surface area contributed by atoms with E-state index < -0.39 is 0 Å². The molecule has 0 saturated carbocycles. The summed E-state index contributed by atoms with van der Waals surface area (Å²) in [5, 5.41) is 3.46. The number of halogens is 1. The first-order chi connectivity index (χ1) is 9.40. The highest BCUT2D eigenvalue weighted by Crippen LogP contribution is 2.23. The van der Waals surface area contributed by atoms with E-state index in [0.29, 0.717) is 0 Å². The van der Waals surface area contributed by atoms with Crippen molar-refractivity contribution >= 4 is 21.7 Å². The van der Waals surface area contributed by atoms with Crippen LogP contribution in [0.4, 0.5) is 5.82 Å². The topological polar surface area (TPSA) is 24.9 Å². The summed E-state index contributed by atoms with van der Waals surface area (Å²) in [5.74, 6) is 0.950. The third-order valence-electron chi connectivity index (χ3n) is 4.00. The maximum Gasteiger partial charge on any atom is 0.129 e. The molecular weight excluding hydrogens is 312 g/mol. The van der Waals surface area contributed by atoms with Gasteiger partial charge in [0.25, 0.3) is 0 Å². The van der Waals surface area contributed by atoms with Crippen LogP contribution in [0, 0.1) is 34.6 Å². The number of hydrogen-bond donors (Lipinski definition) is 1. The van der Waals surface area contributed by atoms with Crippen LogP contribution in [0.5, 0.6) is 0 Å². The molecule has 0 aliphatic carbocycles. The van der Waals surface area contributed by atoms with Crippen molar-refractivity contribution in [3.8, 4) is 0 Å². The van der Waals surface area contributed by atoms with Gasteiger partial charge in [-0.2, -0.15) is 0 Å². The maximum atomic E-state index is 4.44. The number of pyridine rings is 1. The average Bonchev–Trinajstić information content (AvgIpc) is 2.38. The molecule has 0 atom stereocenters. The lowest BCUT2D eigenvalue weighted by atomic mass is 9.94. The molecule has 0 aliphatic rings. The van der Waals surface area contributed by atoms with Crippen molar-refractivity contribution in [1.82, 2.24) is 4.98 Å². The zero-order valence-corrected chi connectivity index (χ0v) is 14.4. The van der Waals surface area contributed by atoms with Gasteiger partial charge >= 0.3 is 0 Å². The van der Waals surface area contributed by atoms with Crippen LogP contribution in [0.1, 0.15) is 33.4 Å². The molecule has 0 spiro atoms. The smallest absolute Gasteiger partial charge is 0.129 e. The Bertz CT molecular complexity index is 622. The fourth-order valence-electron chi connectivity index (χ4n) is 2.46. The van der Waals surface area contributed by atoms with Gasteiger partial charge in [-0.3, -0.25) is 0 Å². The zero-order chi connectivity index (χ0) is 14.9. The van der Waals surface area contributed by atoms with Crippen LogP contribution in [-0.4, -0.2) is 4.98 Å². The van der Waals surface area contributed by atoms with Crippen molar-refractivity contribution in [2.75, 3.05) is 5.32 Å². The van der Waals surface area contributed by atoms with Gasteiger partial charge in [0.15, 0.2) is 0 Å². The highest BCUT2D eigenvalue weighted by Gasteiger charge is 2.09. The van der Waals surface area contributed by atoms with E-state index in [1.165, 1.54) is 27.8 Å². The summed E-state index contributed by atoms with van der Waals surface area (Å²) in [7, 11) is 0. The van der Waals surface area contributed by atoms with Gasteiger partial charge in [0, 0.05) is 17.2 Å². The second-order valence-corrected chi connectivity index (χ2v) is 6.33. The highest BCUT2D eigenvalue weighted by molar-refractivity contribution is 9.10. The summed E-state index contributed by atoms with van der Waals surface area (Å²) in [6.07, 6.45) is 1.83. The molecule has 1 aromatic heterocycles. The third-order valence-corrected chi connectivity index (χ3v) is 4.43. The monoisotopic (exact) mass is 332 g/mol. The lowest BCUT2D eigenvalue weighted by molar-refractivity contribution is 1.04. The van der Waals surface area contributed by atoms with Crippen LogP contribution in [0.25, 0.3) is 0 Å². The molecule has 2 aromatic rings. The molecule has 0 fully saturated rings. The number of nitrogens with zero attached hydrogens (tertiary/aromatic N) is 1. The van der Waals surface area contributed by atoms with E-state index in [1.807, 2.05) is 6.20 Å². The lowest BCUT2D eigenvalue weighted by Gasteiger charge is -2.17. The minimum Gasteiger partial charge on any atom is -0.366 e. The summed E-state index contributed by atoms with van der Waals surface area (Å²) in [6, 6.07) is 4.34. The second kappa shape index (κ2) is 5.96. The minimum absolute atomic E-state index is 0.815. The second-order valence-electron chi connectivity index (χ2n) is 5.41. The summed E-state index contributed by atoms with van der Waals surface area (Å²) in [6.45, 7) is 11.6. The predicted molar refractivity (Wildman–Crippen MR) is 89.4 cm³/mol. The Kier molecular flexibility index (Phi) is 4.48. The van der Waals surface area contributed by atoms with Crippen LogP contribution in [-0.2, 0) is 6.54 Å². The van der Waals surface area contributed by atoms with Crippen molar-refractivity contribution in [1.29, 1.82) is 0 Å². The Hall–Kier alpha value is -1.35. The molecule has 2 nitrogen and oxygen atoms in total. The summed E-state index contributed by atoms with van der Waals surface area (Å²) in [5.41, 5.74) is 7.98. The van der Waals surface area contributed by atoms with Gasteiger partial charge in [-0.25, -0.2) is 4.98 Å². The molecule has 0 unspecified atom stereocenters. The molecule has 0 aliphatic heterocycles. The fourth-order valence-corrected chi connectivity index (χ4v) is 2.91. The Labute approximate surface area is 129 Å². The molecule has 1 N–H and O–H groups in total. The summed E-state index contributed by atoms with van der Waals surface area (Å²) >= 11 is 3.44. The summed E-state index contributed by atoms with van der Waals surface area (Å²) < 4.78 is 1.01. The van der Waals surface area contributed by atoms with Crippen LogP contribution in [0.15, 0.2) is 22.8 Å². The van der Waals surface area contributed by atoms with E-state index in [9.17, 15) is 0 Å². The Balaban J connectivity index is 2.27. The Morgan fingerprint density at radius 2 is 1.55 bits per heavy atom. The third kappa shape index (κ3) is 3.04. The molecule has 0 saturated heterocycles. The van der Waals surface area contributed by atoms with Crippen molar-refractivity contribution in [2.45, 2.75) is 41.2 Å². The van der Waals surface area contributed by atoms with Gasteiger partial charge in [0.05, 0.1) is 0 Å². The van der Waals surface area contributed by atoms with Gasteiger partial charge in [-0.1, -0.05) is 6.07 Å². The number of rotatable bonds is 3. The predicted octanol–water partition coefficient (Wildman–Crippen LogP) is 5.00. The van der Waals surface area contributed by atoms with E-state index in [0.717, 1.165) is 22.4 Å². The maximum absolute atomic E-state index is 4.44. The van der Waals surface area contributed by atoms with Crippen molar-refractivity contribution in [2.24, 2.45) is 0 Å². The van der Waals surface area contributed by atoms with Crippen molar-refractivity contribution in [3.05, 3.63) is 56.2 Å². The molecule has 20 heavy (non-hydrogen) atoms. The van der Waals surface area contributed by atoms with Crippen molar-refractivity contribution < 1.29 is 0 Å². The van der Waals surface area contributed by atoms with E-state index in [1.54, 1.807) is 0 Å². The van der Waals surface area contributed by atoms with Gasteiger partial charge in [0.1, 0.15) is 5.82 Å². The van der Waals surface area contributed by atoms with Crippen LogP contribution >= 0.6 is 15.9 Å². The Morgan fingerprint density at radius 1 is 0.950 bits per heavy atom. The molecular formula is C17H21BrN2. The van der Waals surface area contributed by atoms with E-state index in [-0.39, 0.29) is 0 Å². The van der Waals surface area contributed by atoms with Gasteiger partial charge in [0.2, 0.25) is 0 Å². The number of aromatic nitrogens is 1. The highest BCUT2D eigenvalue weighted by atomic mass is 79.9. The SMILES string of the molecule is Cc1cc(Br)cnc1NCc1c(C)c(C)cc(C)c1C. The first kappa shape index (κ1) is 15.0. The molecule has 1 aromatic carbocycles. The zero-order valence-electron chi connectivity index (χ0n) is 12.8. The minimum atomic E-state index is 0.815. The first-order valence-corrected chi connectivity index (χ1v) is 7.61. The number of benzene rings is 1. The normalized spacial score (nSPS) is 10.7. The molecule has 106 valence electrons. The molecule has 0 bridgehead atoms. The van der Waals surface area contributed by atoms with Gasteiger partial charge in [-0.15, -0.1) is 0 Å². The molecule has 1 heterocycles. The van der Waals surface area contributed by atoms with Gasteiger partial charge in [-0.05, 0) is 90.0 Å². The van der Waals surface area contributed by atoms with Crippen molar-refractivity contribution in [3.63, 3.8) is 0 Å².